The number of hydrogen-bond acceptors (Lipinski definition) is 4. The Morgan fingerprint density at radius 3 is 2.57 bits per heavy atom. The van der Waals surface area contributed by atoms with Crippen LogP contribution in [0.4, 0.5) is 0 Å². The molecule has 0 spiro atoms. The number of hydrogen-bond donors (Lipinski definition) is 2. The molecule has 0 saturated carbocycles. The van der Waals surface area contributed by atoms with E-state index in [1.54, 1.807) is 0 Å². The van der Waals surface area contributed by atoms with Crippen molar-refractivity contribution in [3.8, 4) is 11.5 Å². The van der Waals surface area contributed by atoms with E-state index in [0.717, 1.165) is 34.4 Å². The van der Waals surface area contributed by atoms with Gasteiger partial charge in [0, 0.05) is 12.6 Å². The lowest BCUT2D eigenvalue weighted by Gasteiger charge is -2.17. The predicted molar refractivity (Wildman–Crippen MR) is 89.1 cm³/mol. The smallest absolute Gasteiger partial charge is 0.175 e. The molecule has 1 rings (SSSR count). The summed E-state index contributed by atoms with van der Waals surface area (Å²) in [5, 5.41) is 12.5. The molecule has 2 N–H and O–H groups in total. The van der Waals surface area contributed by atoms with Gasteiger partial charge in [0.15, 0.2) is 11.5 Å². The average molecular weight is 360 g/mol. The number of halogens is 1. The minimum atomic E-state index is 0.121. The lowest BCUT2D eigenvalue weighted by Crippen LogP contribution is -2.31. The van der Waals surface area contributed by atoms with Crippen molar-refractivity contribution in [1.29, 1.82) is 0 Å². The number of benzene rings is 1. The molecule has 5 heteroatoms. The van der Waals surface area contributed by atoms with Crippen LogP contribution in [0.1, 0.15) is 39.2 Å². The van der Waals surface area contributed by atoms with E-state index in [4.69, 9.17) is 9.47 Å². The van der Waals surface area contributed by atoms with Crippen molar-refractivity contribution in [3.63, 3.8) is 0 Å². The van der Waals surface area contributed by atoms with E-state index < -0.39 is 0 Å². The van der Waals surface area contributed by atoms with E-state index in [-0.39, 0.29) is 12.6 Å². The fourth-order valence-corrected chi connectivity index (χ4v) is 2.53. The third kappa shape index (κ3) is 5.85. The van der Waals surface area contributed by atoms with Gasteiger partial charge in [-0.2, -0.15) is 0 Å². The molecule has 0 aromatic heterocycles. The van der Waals surface area contributed by atoms with E-state index in [1.165, 1.54) is 0 Å². The molecule has 0 bridgehead atoms. The molecule has 1 aromatic rings. The summed E-state index contributed by atoms with van der Waals surface area (Å²) in [5.74, 6) is 1.52. The van der Waals surface area contributed by atoms with Gasteiger partial charge in [-0.15, -0.1) is 0 Å². The van der Waals surface area contributed by atoms with Crippen LogP contribution in [0.25, 0.3) is 0 Å². The first-order valence-corrected chi connectivity index (χ1v) is 8.37. The largest absolute Gasteiger partial charge is 0.490 e. The van der Waals surface area contributed by atoms with Gasteiger partial charge in [0.05, 0.1) is 24.3 Å². The van der Waals surface area contributed by atoms with Crippen molar-refractivity contribution in [3.05, 3.63) is 22.2 Å². The second kappa shape index (κ2) is 10.0. The second-order valence-electron chi connectivity index (χ2n) is 4.86. The lowest BCUT2D eigenvalue weighted by atomic mass is 10.1. The maximum atomic E-state index is 9.22. The number of rotatable bonds is 10. The topological polar surface area (TPSA) is 50.7 Å². The Labute approximate surface area is 136 Å². The molecule has 1 atom stereocenters. The number of aliphatic hydroxyl groups is 1. The summed E-state index contributed by atoms with van der Waals surface area (Å²) < 4.78 is 12.3. The minimum Gasteiger partial charge on any atom is -0.490 e. The monoisotopic (exact) mass is 359 g/mol. The van der Waals surface area contributed by atoms with Gasteiger partial charge in [-0.05, 0) is 53.4 Å². The normalized spacial score (nSPS) is 12.2. The zero-order chi connectivity index (χ0) is 15.7. The highest BCUT2D eigenvalue weighted by atomic mass is 79.9. The highest BCUT2D eigenvalue weighted by Gasteiger charge is 2.13. The molecule has 1 unspecified atom stereocenters. The van der Waals surface area contributed by atoms with Crippen LogP contribution in [-0.4, -0.2) is 31.0 Å². The first-order valence-electron chi connectivity index (χ1n) is 7.58. The van der Waals surface area contributed by atoms with E-state index in [0.29, 0.717) is 19.8 Å². The van der Waals surface area contributed by atoms with Gasteiger partial charge in [-0.3, -0.25) is 0 Å². The summed E-state index contributed by atoms with van der Waals surface area (Å²) >= 11 is 3.56. The Hall–Kier alpha value is -0.780. The molecule has 21 heavy (non-hydrogen) atoms. The Kier molecular flexibility index (Phi) is 8.73. The third-order valence-electron chi connectivity index (χ3n) is 3.13. The maximum Gasteiger partial charge on any atom is 0.175 e. The van der Waals surface area contributed by atoms with Crippen molar-refractivity contribution in [2.24, 2.45) is 0 Å². The van der Waals surface area contributed by atoms with Crippen molar-refractivity contribution >= 4 is 15.9 Å². The van der Waals surface area contributed by atoms with Gasteiger partial charge in [0.1, 0.15) is 0 Å². The Balaban J connectivity index is 2.86. The standard InChI is InChI=1S/C16H26BrNO3/c1-4-7-21-16-14(17)8-12(9-15(16)20-6-3)10-18-13(5-2)11-19/h8-9,13,18-19H,4-7,10-11H2,1-3H3. The quantitative estimate of drug-likeness (QED) is 0.671. The first-order chi connectivity index (χ1) is 10.2. The molecule has 0 aliphatic rings. The van der Waals surface area contributed by atoms with E-state index in [9.17, 15) is 5.11 Å². The molecule has 0 aliphatic carbocycles. The molecule has 0 amide bonds. The highest BCUT2D eigenvalue weighted by Crippen LogP contribution is 2.37. The van der Waals surface area contributed by atoms with E-state index >= 15 is 0 Å². The number of aliphatic hydroxyl groups excluding tert-OH is 1. The van der Waals surface area contributed by atoms with Crippen molar-refractivity contribution in [2.75, 3.05) is 19.8 Å². The SMILES string of the molecule is CCCOc1c(Br)cc(CNC(CC)CO)cc1OCC. The van der Waals surface area contributed by atoms with Gasteiger partial charge in [-0.1, -0.05) is 13.8 Å². The second-order valence-corrected chi connectivity index (χ2v) is 5.71. The van der Waals surface area contributed by atoms with Gasteiger partial charge in [-0.25, -0.2) is 0 Å². The summed E-state index contributed by atoms with van der Waals surface area (Å²) in [6, 6.07) is 4.15. The van der Waals surface area contributed by atoms with Gasteiger partial charge < -0.3 is 19.9 Å². The average Bonchev–Trinajstić information content (AvgIpc) is 2.48. The molecule has 0 saturated heterocycles. The van der Waals surface area contributed by atoms with Gasteiger partial charge in [0.2, 0.25) is 0 Å². The first kappa shape index (κ1) is 18.3. The van der Waals surface area contributed by atoms with Crippen molar-refractivity contribution < 1.29 is 14.6 Å². The van der Waals surface area contributed by atoms with Crippen LogP contribution in [-0.2, 0) is 6.54 Å². The Morgan fingerprint density at radius 1 is 1.24 bits per heavy atom. The molecule has 0 heterocycles. The molecular weight excluding hydrogens is 334 g/mol. The molecule has 4 nitrogen and oxygen atoms in total. The zero-order valence-corrected chi connectivity index (χ0v) is 14.7. The van der Waals surface area contributed by atoms with Crippen LogP contribution in [0, 0.1) is 0 Å². The van der Waals surface area contributed by atoms with Crippen LogP contribution in [0.3, 0.4) is 0 Å². The summed E-state index contributed by atoms with van der Waals surface area (Å²) in [6.07, 6.45) is 1.85. The van der Waals surface area contributed by atoms with Crippen LogP contribution in [0.5, 0.6) is 11.5 Å². The van der Waals surface area contributed by atoms with E-state index in [1.807, 2.05) is 19.1 Å². The van der Waals surface area contributed by atoms with Crippen LogP contribution < -0.4 is 14.8 Å². The summed E-state index contributed by atoms with van der Waals surface area (Å²) in [6.45, 7) is 8.18. The van der Waals surface area contributed by atoms with E-state index in [2.05, 4.69) is 35.1 Å². The molecule has 0 aliphatic heterocycles. The molecular formula is C16H26BrNO3. The summed E-state index contributed by atoms with van der Waals surface area (Å²) in [4.78, 5) is 0. The molecule has 1 aromatic carbocycles. The van der Waals surface area contributed by atoms with Crippen molar-refractivity contribution in [2.45, 2.75) is 46.2 Å². The van der Waals surface area contributed by atoms with Crippen LogP contribution in [0.15, 0.2) is 16.6 Å². The molecule has 0 fully saturated rings. The van der Waals surface area contributed by atoms with Gasteiger partial charge >= 0.3 is 0 Å². The fourth-order valence-electron chi connectivity index (χ4n) is 1.93. The number of nitrogens with one attached hydrogen (secondary N) is 1. The van der Waals surface area contributed by atoms with Crippen LogP contribution in [0.2, 0.25) is 0 Å². The van der Waals surface area contributed by atoms with Gasteiger partial charge in [0.25, 0.3) is 0 Å². The predicted octanol–water partition coefficient (Wildman–Crippen LogP) is 3.50. The minimum absolute atomic E-state index is 0.121. The summed E-state index contributed by atoms with van der Waals surface area (Å²) in [5.41, 5.74) is 1.10. The molecule has 0 radical (unpaired) electrons. The third-order valence-corrected chi connectivity index (χ3v) is 3.72. The summed E-state index contributed by atoms with van der Waals surface area (Å²) in [7, 11) is 0. The van der Waals surface area contributed by atoms with Crippen molar-refractivity contribution in [1.82, 2.24) is 5.32 Å². The lowest BCUT2D eigenvalue weighted by molar-refractivity contribution is 0.238. The van der Waals surface area contributed by atoms with Crippen LogP contribution >= 0.6 is 15.9 Å². The fraction of sp³-hybridized carbons (Fsp3) is 0.625. The Morgan fingerprint density at radius 2 is 2.00 bits per heavy atom. The highest BCUT2D eigenvalue weighted by molar-refractivity contribution is 9.10. The molecule has 120 valence electrons. The number of ether oxygens (including phenoxy) is 2. The maximum absolute atomic E-state index is 9.22. The zero-order valence-electron chi connectivity index (χ0n) is 13.1. The Bertz CT molecular complexity index is 422.